The first kappa shape index (κ1) is 20.3. The molecule has 3 aromatic rings. The summed E-state index contributed by atoms with van der Waals surface area (Å²) in [5.74, 6) is -1.78. The minimum atomic E-state index is -0.763. The fourth-order valence-corrected chi connectivity index (χ4v) is 3.98. The standard InChI is InChI=1S/C20H15N5O5S/c26-16(22-10-13-11-31-18(23-13)12-3-2-7-21-9-12)6-8-24-19(27)14-4-1-5-15(25(29)30)17(14)20(24)28/h1-5,7,9,11H,6,8,10H2,(H,22,26). The van der Waals surface area contributed by atoms with Crippen LogP contribution in [0.25, 0.3) is 10.6 Å². The molecule has 1 aromatic carbocycles. The zero-order chi connectivity index (χ0) is 22.0. The number of imide groups is 1. The maximum Gasteiger partial charge on any atom is 0.282 e. The molecule has 3 heterocycles. The van der Waals surface area contributed by atoms with Crippen LogP contribution in [0.1, 0.15) is 32.8 Å². The van der Waals surface area contributed by atoms with Gasteiger partial charge in [0.05, 0.1) is 22.7 Å². The zero-order valence-corrected chi connectivity index (χ0v) is 16.8. The first-order valence-corrected chi connectivity index (χ1v) is 10.1. The van der Waals surface area contributed by atoms with Crippen LogP contribution < -0.4 is 5.32 Å². The number of amides is 3. The van der Waals surface area contributed by atoms with E-state index in [2.05, 4.69) is 15.3 Å². The zero-order valence-electron chi connectivity index (χ0n) is 16.0. The number of pyridine rings is 1. The molecule has 0 bridgehead atoms. The number of hydrogen-bond donors (Lipinski definition) is 1. The number of hydrogen-bond acceptors (Lipinski definition) is 8. The lowest BCUT2D eigenvalue weighted by molar-refractivity contribution is -0.385. The highest BCUT2D eigenvalue weighted by molar-refractivity contribution is 7.13. The minimum absolute atomic E-state index is 0.0231. The second-order valence-electron chi connectivity index (χ2n) is 6.63. The lowest BCUT2D eigenvalue weighted by Crippen LogP contribution is -2.34. The van der Waals surface area contributed by atoms with Crippen LogP contribution in [0.15, 0.2) is 48.1 Å². The van der Waals surface area contributed by atoms with Gasteiger partial charge in [-0.1, -0.05) is 6.07 Å². The second kappa shape index (κ2) is 8.40. The molecule has 1 aliphatic heterocycles. The molecule has 0 fully saturated rings. The van der Waals surface area contributed by atoms with Crippen LogP contribution in [0.3, 0.4) is 0 Å². The number of nitro groups is 1. The van der Waals surface area contributed by atoms with Crippen molar-refractivity contribution in [2.24, 2.45) is 0 Å². The summed E-state index contributed by atoms with van der Waals surface area (Å²) in [5, 5.41) is 16.5. The predicted octanol–water partition coefficient (Wildman–Crippen LogP) is 2.42. The van der Waals surface area contributed by atoms with Crippen LogP contribution in [0, 0.1) is 10.1 Å². The number of benzene rings is 1. The van der Waals surface area contributed by atoms with E-state index in [1.807, 2.05) is 17.5 Å². The molecule has 0 unspecified atom stereocenters. The van der Waals surface area contributed by atoms with Gasteiger partial charge in [0.15, 0.2) is 0 Å². The topological polar surface area (TPSA) is 135 Å². The molecule has 4 rings (SSSR count). The Morgan fingerprint density at radius 3 is 2.77 bits per heavy atom. The Hall–Kier alpha value is -3.99. The highest BCUT2D eigenvalue weighted by Gasteiger charge is 2.40. The molecular formula is C20H15N5O5S. The molecule has 11 heteroatoms. The van der Waals surface area contributed by atoms with Gasteiger partial charge in [0.25, 0.3) is 17.5 Å². The monoisotopic (exact) mass is 437 g/mol. The smallest absolute Gasteiger partial charge is 0.282 e. The van der Waals surface area contributed by atoms with Crippen LogP contribution in [0.5, 0.6) is 0 Å². The summed E-state index contributed by atoms with van der Waals surface area (Å²) >= 11 is 1.43. The maximum atomic E-state index is 12.5. The van der Waals surface area contributed by atoms with Gasteiger partial charge in [-0.3, -0.25) is 34.4 Å². The van der Waals surface area contributed by atoms with Gasteiger partial charge < -0.3 is 5.32 Å². The SMILES string of the molecule is O=C(CCN1C(=O)c2cccc([N+](=O)[O-])c2C1=O)NCc1csc(-c2cccnc2)n1. The van der Waals surface area contributed by atoms with Crippen LogP contribution in [-0.2, 0) is 11.3 Å². The summed E-state index contributed by atoms with van der Waals surface area (Å²) in [6.45, 7) is 0.0243. The number of carbonyl (C=O) groups is 3. The molecule has 10 nitrogen and oxygen atoms in total. The van der Waals surface area contributed by atoms with E-state index in [9.17, 15) is 24.5 Å². The summed E-state index contributed by atoms with van der Waals surface area (Å²) in [6.07, 6.45) is 3.25. The van der Waals surface area contributed by atoms with Crippen molar-refractivity contribution in [1.29, 1.82) is 0 Å². The Morgan fingerprint density at radius 1 is 1.19 bits per heavy atom. The maximum absolute atomic E-state index is 12.5. The Labute approximate surface area is 179 Å². The van der Waals surface area contributed by atoms with Gasteiger partial charge in [-0.2, -0.15) is 0 Å². The third-order valence-corrected chi connectivity index (χ3v) is 5.60. The predicted molar refractivity (Wildman–Crippen MR) is 110 cm³/mol. The number of aromatic nitrogens is 2. The van der Waals surface area contributed by atoms with Gasteiger partial charge in [0, 0.05) is 42.4 Å². The first-order chi connectivity index (χ1) is 15.0. The van der Waals surface area contributed by atoms with E-state index in [0.29, 0.717) is 5.69 Å². The molecule has 31 heavy (non-hydrogen) atoms. The van der Waals surface area contributed by atoms with Gasteiger partial charge in [-0.05, 0) is 18.2 Å². The first-order valence-electron chi connectivity index (χ1n) is 9.21. The quantitative estimate of drug-likeness (QED) is 0.341. The molecule has 3 amide bonds. The largest absolute Gasteiger partial charge is 0.350 e. The molecule has 1 aliphatic rings. The highest BCUT2D eigenvalue weighted by Crippen LogP contribution is 2.30. The van der Waals surface area contributed by atoms with Crippen molar-refractivity contribution in [3.8, 4) is 10.6 Å². The van der Waals surface area contributed by atoms with Gasteiger partial charge in [-0.25, -0.2) is 4.98 Å². The van der Waals surface area contributed by atoms with Crippen molar-refractivity contribution < 1.29 is 19.3 Å². The summed E-state index contributed by atoms with van der Waals surface area (Å²) < 4.78 is 0. The van der Waals surface area contributed by atoms with E-state index in [4.69, 9.17) is 0 Å². The molecular weight excluding hydrogens is 422 g/mol. The number of nitrogens with zero attached hydrogens (tertiary/aromatic N) is 4. The van der Waals surface area contributed by atoms with Crippen molar-refractivity contribution >= 4 is 34.7 Å². The van der Waals surface area contributed by atoms with E-state index in [0.717, 1.165) is 15.5 Å². The summed E-state index contributed by atoms with van der Waals surface area (Å²) in [4.78, 5) is 57.0. The van der Waals surface area contributed by atoms with E-state index in [1.165, 1.54) is 29.5 Å². The number of carbonyl (C=O) groups excluding carboxylic acids is 3. The van der Waals surface area contributed by atoms with Crippen molar-refractivity contribution in [2.75, 3.05) is 6.54 Å². The molecule has 0 aliphatic carbocycles. The number of nitro benzene ring substituents is 1. The van der Waals surface area contributed by atoms with Gasteiger partial charge >= 0.3 is 0 Å². The Kier molecular flexibility index (Phi) is 5.50. The lowest BCUT2D eigenvalue weighted by atomic mass is 10.1. The number of thiazole rings is 1. The summed E-state index contributed by atoms with van der Waals surface area (Å²) in [7, 11) is 0. The molecule has 0 saturated carbocycles. The van der Waals surface area contributed by atoms with Gasteiger partial charge in [0.1, 0.15) is 10.6 Å². The second-order valence-corrected chi connectivity index (χ2v) is 7.49. The van der Waals surface area contributed by atoms with Crippen LogP contribution in [0.4, 0.5) is 5.69 Å². The Balaban J connectivity index is 1.34. The summed E-state index contributed by atoms with van der Waals surface area (Å²) in [5.41, 5.74) is 0.877. The average Bonchev–Trinajstić information content (AvgIpc) is 3.35. The van der Waals surface area contributed by atoms with Gasteiger partial charge in [-0.15, -0.1) is 11.3 Å². The van der Waals surface area contributed by atoms with Crippen LogP contribution in [-0.4, -0.2) is 44.1 Å². The highest BCUT2D eigenvalue weighted by atomic mass is 32.1. The molecule has 1 N–H and O–H groups in total. The molecule has 2 aromatic heterocycles. The number of rotatable bonds is 7. The average molecular weight is 437 g/mol. The Bertz CT molecular complexity index is 1190. The molecule has 0 spiro atoms. The number of nitrogens with one attached hydrogen (secondary N) is 1. The van der Waals surface area contributed by atoms with Crippen molar-refractivity contribution in [2.45, 2.75) is 13.0 Å². The molecule has 156 valence electrons. The summed E-state index contributed by atoms with van der Waals surface area (Å²) in [6, 6.07) is 7.59. The van der Waals surface area contributed by atoms with Crippen molar-refractivity contribution in [1.82, 2.24) is 20.2 Å². The Morgan fingerprint density at radius 2 is 2.03 bits per heavy atom. The van der Waals surface area contributed by atoms with Crippen molar-refractivity contribution in [3.05, 3.63) is 75.0 Å². The molecule has 0 atom stereocenters. The van der Waals surface area contributed by atoms with E-state index in [1.54, 1.807) is 12.4 Å². The molecule has 0 saturated heterocycles. The fourth-order valence-electron chi connectivity index (χ4n) is 3.17. The lowest BCUT2D eigenvalue weighted by Gasteiger charge is -2.13. The minimum Gasteiger partial charge on any atom is -0.350 e. The third-order valence-electron chi connectivity index (χ3n) is 4.66. The van der Waals surface area contributed by atoms with E-state index >= 15 is 0 Å². The molecule has 0 radical (unpaired) electrons. The normalized spacial score (nSPS) is 12.7. The van der Waals surface area contributed by atoms with Crippen molar-refractivity contribution in [3.63, 3.8) is 0 Å². The van der Waals surface area contributed by atoms with E-state index < -0.39 is 22.4 Å². The van der Waals surface area contributed by atoms with Crippen LogP contribution in [0.2, 0.25) is 0 Å². The third kappa shape index (κ3) is 4.03. The number of fused-ring (bicyclic) bond motifs is 1. The fraction of sp³-hybridized carbons (Fsp3) is 0.150. The van der Waals surface area contributed by atoms with Crippen LogP contribution >= 0.6 is 11.3 Å². The van der Waals surface area contributed by atoms with E-state index in [-0.39, 0.29) is 36.5 Å². The van der Waals surface area contributed by atoms with Gasteiger partial charge in [0.2, 0.25) is 5.91 Å².